The first-order valence-electron chi connectivity index (χ1n) is 10.4. The molecule has 1 amide bonds. The number of hydrogen-bond acceptors (Lipinski definition) is 4. The smallest absolute Gasteiger partial charge is 0.243 e. The van der Waals surface area contributed by atoms with E-state index in [-0.39, 0.29) is 11.7 Å². The molecule has 152 valence electrons. The van der Waals surface area contributed by atoms with Crippen LogP contribution in [0.2, 0.25) is 0 Å². The number of nitrogens with zero attached hydrogens (tertiary/aromatic N) is 2. The first-order chi connectivity index (χ1) is 14.2. The predicted octanol–water partition coefficient (Wildman–Crippen LogP) is 3.36. The molecule has 3 aliphatic heterocycles. The van der Waals surface area contributed by atoms with Crippen LogP contribution < -0.4 is 10.2 Å². The van der Waals surface area contributed by atoms with Crippen LogP contribution in [0.3, 0.4) is 0 Å². The number of hydrogen-bond donors (Lipinski definition) is 1. The topological polar surface area (TPSA) is 44.8 Å². The summed E-state index contributed by atoms with van der Waals surface area (Å²) in [5.41, 5.74) is 4.59. The van der Waals surface area contributed by atoms with E-state index in [4.69, 9.17) is 4.74 Å². The van der Waals surface area contributed by atoms with Crippen LogP contribution in [0.15, 0.2) is 42.5 Å². The van der Waals surface area contributed by atoms with Gasteiger partial charge in [0.15, 0.2) is 0 Å². The Bertz CT molecular complexity index is 901. The molecule has 6 heteroatoms. The number of amides is 1. The van der Waals surface area contributed by atoms with Crippen molar-refractivity contribution in [2.75, 3.05) is 43.0 Å². The van der Waals surface area contributed by atoms with Gasteiger partial charge in [-0.2, -0.15) is 0 Å². The number of halogens is 1. The Morgan fingerprint density at radius 1 is 1.17 bits per heavy atom. The Kier molecular flexibility index (Phi) is 4.97. The summed E-state index contributed by atoms with van der Waals surface area (Å²) in [5, 5.41) is 3.03. The highest BCUT2D eigenvalue weighted by atomic mass is 19.1. The van der Waals surface area contributed by atoms with Gasteiger partial charge in [0.05, 0.1) is 24.5 Å². The Morgan fingerprint density at radius 3 is 2.90 bits per heavy atom. The standard InChI is InChI=1S/C23H26FN3O2/c24-17-7-5-16(6-8-17)15-29-12-2-10-26-11-9-21-19(13-26)18-3-1-4-20-23(18)27(21)14-22(28)25-20/h1,3-8,19,21H,2,9-15H2,(H,25,28)/t19?,21-/m0/s1. The maximum atomic E-state index is 12.9. The van der Waals surface area contributed by atoms with Crippen molar-refractivity contribution in [3.63, 3.8) is 0 Å². The third kappa shape index (κ3) is 3.63. The third-order valence-electron chi connectivity index (χ3n) is 6.35. The lowest BCUT2D eigenvalue weighted by Gasteiger charge is -2.39. The van der Waals surface area contributed by atoms with Gasteiger partial charge in [-0.3, -0.25) is 4.79 Å². The molecule has 29 heavy (non-hydrogen) atoms. The van der Waals surface area contributed by atoms with Crippen molar-refractivity contribution < 1.29 is 13.9 Å². The van der Waals surface area contributed by atoms with Crippen LogP contribution in [0.4, 0.5) is 15.8 Å². The number of carbonyl (C=O) groups is 1. The van der Waals surface area contributed by atoms with Gasteiger partial charge in [-0.05, 0) is 42.2 Å². The largest absolute Gasteiger partial charge is 0.377 e. The van der Waals surface area contributed by atoms with Crippen LogP contribution in [0, 0.1) is 5.82 Å². The minimum Gasteiger partial charge on any atom is -0.377 e. The van der Waals surface area contributed by atoms with Gasteiger partial charge in [-0.25, -0.2) is 4.39 Å². The Hall–Kier alpha value is -2.44. The Balaban J connectivity index is 1.14. The first kappa shape index (κ1) is 18.6. The van der Waals surface area contributed by atoms with E-state index in [1.165, 1.54) is 23.4 Å². The summed E-state index contributed by atoms with van der Waals surface area (Å²) in [7, 11) is 0. The molecule has 0 saturated carbocycles. The number of ether oxygens (including phenoxy) is 1. The van der Waals surface area contributed by atoms with E-state index in [9.17, 15) is 9.18 Å². The van der Waals surface area contributed by atoms with Crippen molar-refractivity contribution in [2.45, 2.75) is 31.4 Å². The number of carbonyl (C=O) groups excluding carboxylic acids is 1. The number of para-hydroxylation sites is 1. The van der Waals surface area contributed by atoms with Crippen molar-refractivity contribution in [1.82, 2.24) is 4.90 Å². The molecule has 2 atom stereocenters. The fourth-order valence-electron chi connectivity index (χ4n) is 5.04. The minimum atomic E-state index is -0.216. The highest BCUT2D eigenvalue weighted by Gasteiger charge is 2.44. The number of anilines is 2. The third-order valence-corrected chi connectivity index (χ3v) is 6.35. The summed E-state index contributed by atoms with van der Waals surface area (Å²) in [4.78, 5) is 16.9. The average Bonchev–Trinajstić information content (AvgIpc) is 3.04. The predicted molar refractivity (Wildman–Crippen MR) is 111 cm³/mol. The molecular weight excluding hydrogens is 369 g/mol. The zero-order chi connectivity index (χ0) is 19.8. The summed E-state index contributed by atoms with van der Waals surface area (Å²) < 4.78 is 18.7. The first-order valence-corrected chi connectivity index (χ1v) is 10.4. The van der Waals surface area contributed by atoms with E-state index >= 15 is 0 Å². The second-order valence-electron chi connectivity index (χ2n) is 8.22. The quantitative estimate of drug-likeness (QED) is 0.762. The van der Waals surface area contributed by atoms with E-state index in [2.05, 4.69) is 27.2 Å². The molecule has 3 aliphatic rings. The number of fused-ring (bicyclic) bond motifs is 3. The molecule has 1 fully saturated rings. The van der Waals surface area contributed by atoms with Crippen molar-refractivity contribution >= 4 is 17.3 Å². The van der Waals surface area contributed by atoms with Crippen LogP contribution in [-0.2, 0) is 16.1 Å². The minimum absolute atomic E-state index is 0.0935. The summed E-state index contributed by atoms with van der Waals surface area (Å²) >= 11 is 0. The van der Waals surface area contributed by atoms with Crippen LogP contribution >= 0.6 is 0 Å². The average molecular weight is 395 g/mol. The molecule has 1 N–H and O–H groups in total. The zero-order valence-corrected chi connectivity index (χ0v) is 16.4. The van der Waals surface area contributed by atoms with Crippen LogP contribution in [0.25, 0.3) is 0 Å². The monoisotopic (exact) mass is 395 g/mol. The fraction of sp³-hybridized carbons (Fsp3) is 0.435. The lowest BCUT2D eigenvalue weighted by Crippen LogP contribution is -2.49. The molecule has 0 aromatic heterocycles. The second-order valence-corrected chi connectivity index (χ2v) is 8.22. The maximum absolute atomic E-state index is 12.9. The van der Waals surface area contributed by atoms with Gasteiger partial charge in [0.25, 0.3) is 0 Å². The molecule has 0 bridgehead atoms. The molecule has 2 aromatic rings. The molecule has 2 aromatic carbocycles. The van der Waals surface area contributed by atoms with Gasteiger partial charge in [0, 0.05) is 38.2 Å². The van der Waals surface area contributed by atoms with E-state index < -0.39 is 0 Å². The lowest BCUT2D eigenvalue weighted by atomic mass is 9.89. The van der Waals surface area contributed by atoms with Gasteiger partial charge in [0.1, 0.15) is 5.82 Å². The van der Waals surface area contributed by atoms with Gasteiger partial charge in [-0.1, -0.05) is 24.3 Å². The van der Waals surface area contributed by atoms with Gasteiger partial charge in [0.2, 0.25) is 5.91 Å². The van der Waals surface area contributed by atoms with E-state index in [1.54, 1.807) is 12.1 Å². The van der Waals surface area contributed by atoms with Crippen molar-refractivity contribution in [2.24, 2.45) is 0 Å². The molecule has 3 heterocycles. The summed E-state index contributed by atoms with van der Waals surface area (Å²) in [5.74, 6) is 0.342. The molecule has 5 rings (SSSR count). The number of benzene rings is 2. The Morgan fingerprint density at radius 2 is 2.03 bits per heavy atom. The van der Waals surface area contributed by atoms with E-state index in [0.717, 1.165) is 43.7 Å². The lowest BCUT2D eigenvalue weighted by molar-refractivity contribution is -0.115. The van der Waals surface area contributed by atoms with Crippen LogP contribution in [0.1, 0.15) is 29.9 Å². The number of piperidine rings is 1. The number of likely N-dealkylation sites (tertiary alicyclic amines) is 1. The molecule has 0 spiro atoms. The molecule has 0 radical (unpaired) electrons. The van der Waals surface area contributed by atoms with Crippen molar-refractivity contribution in [1.29, 1.82) is 0 Å². The molecule has 1 unspecified atom stereocenters. The zero-order valence-electron chi connectivity index (χ0n) is 16.4. The van der Waals surface area contributed by atoms with Gasteiger partial charge < -0.3 is 19.9 Å². The van der Waals surface area contributed by atoms with Gasteiger partial charge >= 0.3 is 0 Å². The number of rotatable bonds is 6. The summed E-state index contributed by atoms with van der Waals surface area (Å²) in [6, 6.07) is 13.2. The highest BCUT2D eigenvalue weighted by molar-refractivity contribution is 6.03. The highest BCUT2D eigenvalue weighted by Crippen LogP contribution is 2.49. The van der Waals surface area contributed by atoms with E-state index in [1.807, 2.05) is 6.07 Å². The molecular formula is C23H26FN3O2. The maximum Gasteiger partial charge on any atom is 0.243 e. The number of nitrogens with one attached hydrogen (secondary N) is 1. The van der Waals surface area contributed by atoms with Crippen LogP contribution in [-0.4, -0.2) is 49.6 Å². The molecule has 0 aliphatic carbocycles. The summed E-state index contributed by atoms with van der Waals surface area (Å²) in [6.45, 7) is 4.80. The summed E-state index contributed by atoms with van der Waals surface area (Å²) in [6.07, 6.45) is 2.07. The SMILES string of the molecule is O=C1CN2c3c(cccc3C3CN(CCCOCc4ccc(F)cc4)CC[C@@H]32)N1. The van der Waals surface area contributed by atoms with E-state index in [0.29, 0.717) is 31.7 Å². The van der Waals surface area contributed by atoms with Crippen molar-refractivity contribution in [3.05, 3.63) is 59.4 Å². The van der Waals surface area contributed by atoms with Crippen molar-refractivity contribution in [3.8, 4) is 0 Å². The molecule has 1 saturated heterocycles. The Labute approximate surface area is 170 Å². The molecule has 5 nitrogen and oxygen atoms in total. The van der Waals surface area contributed by atoms with Crippen LogP contribution in [0.5, 0.6) is 0 Å². The normalized spacial score (nSPS) is 22.9. The second kappa shape index (κ2) is 7.76. The fourth-order valence-corrected chi connectivity index (χ4v) is 5.04. The van der Waals surface area contributed by atoms with Gasteiger partial charge in [-0.15, -0.1) is 0 Å².